The summed E-state index contributed by atoms with van der Waals surface area (Å²) in [5, 5.41) is 13.1. The summed E-state index contributed by atoms with van der Waals surface area (Å²) in [6, 6.07) is 15.0. The average Bonchev–Trinajstić information content (AvgIpc) is 2.63. The average molecular weight is 374 g/mol. The smallest absolute Gasteiger partial charge is 0.234 e. The minimum absolute atomic E-state index is 0.0603. The summed E-state index contributed by atoms with van der Waals surface area (Å²) in [7, 11) is 0. The fourth-order valence-corrected chi connectivity index (χ4v) is 3.34. The second-order valence-electron chi connectivity index (χ2n) is 6.51. The lowest BCUT2D eigenvalue weighted by Gasteiger charge is -2.35. The van der Waals surface area contributed by atoms with Crippen LogP contribution in [0.1, 0.15) is 5.56 Å². The van der Waals surface area contributed by atoms with Gasteiger partial charge in [0, 0.05) is 43.4 Å². The van der Waals surface area contributed by atoms with Crippen LogP contribution < -0.4 is 10.2 Å². The molecule has 1 aliphatic rings. The standard InChI is InChI=1S/C20H24ClN3O2/c21-17-3-1-2-16(14-17)8-9-22-20(26)15-23-10-12-24(13-11-23)18-4-6-19(25)7-5-18/h1-7,14,25H,8-13,15H2,(H,22,26). The number of phenolic OH excluding ortho intramolecular Hbond substituents is 1. The third-order valence-corrected chi connectivity index (χ3v) is 4.81. The Balaban J connectivity index is 1.37. The van der Waals surface area contributed by atoms with Gasteiger partial charge < -0.3 is 15.3 Å². The first-order valence-electron chi connectivity index (χ1n) is 8.87. The summed E-state index contributed by atoms with van der Waals surface area (Å²) in [4.78, 5) is 16.6. The Morgan fingerprint density at radius 1 is 1.08 bits per heavy atom. The molecule has 0 bridgehead atoms. The van der Waals surface area contributed by atoms with Crippen molar-refractivity contribution in [2.24, 2.45) is 0 Å². The second-order valence-corrected chi connectivity index (χ2v) is 6.95. The number of nitrogens with one attached hydrogen (secondary N) is 1. The van der Waals surface area contributed by atoms with Crippen molar-refractivity contribution in [2.45, 2.75) is 6.42 Å². The van der Waals surface area contributed by atoms with Gasteiger partial charge in [-0.15, -0.1) is 0 Å². The van der Waals surface area contributed by atoms with Crippen LogP contribution in [0.4, 0.5) is 5.69 Å². The van der Waals surface area contributed by atoms with E-state index in [4.69, 9.17) is 11.6 Å². The predicted molar refractivity (Wildman–Crippen MR) is 105 cm³/mol. The first-order valence-corrected chi connectivity index (χ1v) is 9.25. The Kier molecular flexibility index (Phi) is 6.36. The molecule has 3 rings (SSSR count). The van der Waals surface area contributed by atoms with Gasteiger partial charge in [-0.2, -0.15) is 0 Å². The van der Waals surface area contributed by atoms with Crippen LogP contribution in [-0.2, 0) is 11.2 Å². The van der Waals surface area contributed by atoms with Crippen molar-refractivity contribution in [1.29, 1.82) is 0 Å². The quantitative estimate of drug-likeness (QED) is 0.817. The minimum Gasteiger partial charge on any atom is -0.508 e. The Morgan fingerprint density at radius 3 is 2.50 bits per heavy atom. The van der Waals surface area contributed by atoms with E-state index in [1.54, 1.807) is 12.1 Å². The molecule has 0 saturated carbocycles. The summed E-state index contributed by atoms with van der Waals surface area (Å²) in [5.74, 6) is 0.340. The van der Waals surface area contributed by atoms with Crippen molar-refractivity contribution in [3.05, 3.63) is 59.1 Å². The van der Waals surface area contributed by atoms with Gasteiger partial charge >= 0.3 is 0 Å². The molecule has 0 atom stereocenters. The molecule has 1 saturated heterocycles. The molecule has 0 aromatic heterocycles. The molecule has 6 heteroatoms. The number of rotatable bonds is 6. The van der Waals surface area contributed by atoms with Gasteiger partial charge in [-0.1, -0.05) is 23.7 Å². The molecule has 0 unspecified atom stereocenters. The van der Waals surface area contributed by atoms with Crippen molar-refractivity contribution in [2.75, 3.05) is 44.2 Å². The molecule has 138 valence electrons. The minimum atomic E-state index is 0.0603. The zero-order valence-corrected chi connectivity index (χ0v) is 15.5. The van der Waals surface area contributed by atoms with Crippen molar-refractivity contribution in [3.8, 4) is 5.75 Å². The number of amides is 1. The fraction of sp³-hybridized carbons (Fsp3) is 0.350. The van der Waals surface area contributed by atoms with E-state index in [9.17, 15) is 9.90 Å². The highest BCUT2D eigenvalue weighted by Crippen LogP contribution is 2.19. The van der Waals surface area contributed by atoms with Crippen molar-refractivity contribution in [3.63, 3.8) is 0 Å². The van der Waals surface area contributed by atoms with Crippen LogP contribution >= 0.6 is 11.6 Å². The van der Waals surface area contributed by atoms with E-state index in [1.165, 1.54) is 0 Å². The van der Waals surface area contributed by atoms with Gasteiger partial charge in [0.2, 0.25) is 5.91 Å². The van der Waals surface area contributed by atoms with Crippen LogP contribution in [0.2, 0.25) is 5.02 Å². The molecule has 1 heterocycles. The van der Waals surface area contributed by atoms with E-state index in [1.807, 2.05) is 36.4 Å². The largest absolute Gasteiger partial charge is 0.508 e. The number of piperazine rings is 1. The van der Waals surface area contributed by atoms with E-state index in [2.05, 4.69) is 15.1 Å². The number of benzene rings is 2. The fourth-order valence-electron chi connectivity index (χ4n) is 3.13. The molecule has 26 heavy (non-hydrogen) atoms. The maximum Gasteiger partial charge on any atom is 0.234 e. The van der Waals surface area contributed by atoms with Gasteiger partial charge in [-0.05, 0) is 48.4 Å². The number of carbonyl (C=O) groups is 1. The van der Waals surface area contributed by atoms with Crippen molar-refractivity contribution < 1.29 is 9.90 Å². The number of nitrogens with zero attached hydrogens (tertiary/aromatic N) is 2. The zero-order chi connectivity index (χ0) is 18.4. The SMILES string of the molecule is O=C(CN1CCN(c2ccc(O)cc2)CC1)NCCc1cccc(Cl)c1. The topological polar surface area (TPSA) is 55.8 Å². The number of aromatic hydroxyl groups is 1. The number of carbonyl (C=O) groups excluding carboxylic acids is 1. The van der Waals surface area contributed by atoms with E-state index >= 15 is 0 Å². The van der Waals surface area contributed by atoms with E-state index in [0.717, 1.165) is 48.9 Å². The summed E-state index contributed by atoms with van der Waals surface area (Å²) < 4.78 is 0. The maximum absolute atomic E-state index is 12.1. The number of hydrogen-bond donors (Lipinski definition) is 2. The van der Waals surface area contributed by atoms with Gasteiger partial charge in [0.1, 0.15) is 5.75 Å². The molecule has 0 spiro atoms. The predicted octanol–water partition coefficient (Wildman–Crippen LogP) is 2.53. The van der Waals surface area contributed by atoms with Gasteiger partial charge in [0.05, 0.1) is 6.54 Å². The Labute approximate surface area is 159 Å². The monoisotopic (exact) mass is 373 g/mol. The lowest BCUT2D eigenvalue weighted by Crippen LogP contribution is -2.49. The molecule has 2 aromatic rings. The van der Waals surface area contributed by atoms with Crippen molar-refractivity contribution >= 4 is 23.2 Å². The lowest BCUT2D eigenvalue weighted by molar-refractivity contribution is -0.122. The molecule has 1 fully saturated rings. The second kappa shape index (κ2) is 8.92. The molecule has 0 aliphatic carbocycles. The van der Waals surface area contributed by atoms with Crippen LogP contribution in [0.15, 0.2) is 48.5 Å². The van der Waals surface area contributed by atoms with Crippen LogP contribution in [-0.4, -0.2) is 55.2 Å². The number of anilines is 1. The number of hydrogen-bond acceptors (Lipinski definition) is 4. The van der Waals surface area contributed by atoms with Gasteiger partial charge in [0.25, 0.3) is 0 Å². The maximum atomic E-state index is 12.1. The molecule has 2 N–H and O–H groups in total. The van der Waals surface area contributed by atoms with Crippen LogP contribution in [0.3, 0.4) is 0 Å². The number of halogens is 1. The third-order valence-electron chi connectivity index (χ3n) is 4.58. The Hall–Kier alpha value is -2.24. The van der Waals surface area contributed by atoms with Gasteiger partial charge in [-0.3, -0.25) is 9.69 Å². The highest BCUT2D eigenvalue weighted by atomic mass is 35.5. The zero-order valence-electron chi connectivity index (χ0n) is 14.7. The van der Waals surface area contributed by atoms with Crippen LogP contribution in [0.5, 0.6) is 5.75 Å². The molecule has 0 radical (unpaired) electrons. The summed E-state index contributed by atoms with van der Waals surface area (Å²) in [6.07, 6.45) is 0.779. The van der Waals surface area contributed by atoms with Gasteiger partial charge in [-0.25, -0.2) is 0 Å². The van der Waals surface area contributed by atoms with Gasteiger partial charge in [0.15, 0.2) is 0 Å². The van der Waals surface area contributed by atoms with Crippen LogP contribution in [0, 0.1) is 0 Å². The molecule has 5 nitrogen and oxygen atoms in total. The summed E-state index contributed by atoms with van der Waals surface area (Å²) in [6.45, 7) is 4.50. The molecule has 1 amide bonds. The molecule has 2 aromatic carbocycles. The first kappa shape index (κ1) is 18.5. The first-order chi connectivity index (χ1) is 12.6. The Morgan fingerprint density at radius 2 is 1.81 bits per heavy atom. The van der Waals surface area contributed by atoms with E-state index in [-0.39, 0.29) is 11.7 Å². The lowest BCUT2D eigenvalue weighted by atomic mass is 10.1. The van der Waals surface area contributed by atoms with E-state index < -0.39 is 0 Å². The van der Waals surface area contributed by atoms with Crippen LogP contribution in [0.25, 0.3) is 0 Å². The third kappa shape index (κ3) is 5.38. The molecular formula is C20H24ClN3O2. The summed E-state index contributed by atoms with van der Waals surface area (Å²) in [5.41, 5.74) is 2.23. The summed E-state index contributed by atoms with van der Waals surface area (Å²) >= 11 is 5.97. The van der Waals surface area contributed by atoms with E-state index in [0.29, 0.717) is 13.1 Å². The highest BCUT2D eigenvalue weighted by molar-refractivity contribution is 6.30. The van der Waals surface area contributed by atoms with Crippen molar-refractivity contribution in [1.82, 2.24) is 10.2 Å². The molecular weight excluding hydrogens is 350 g/mol. The highest BCUT2D eigenvalue weighted by Gasteiger charge is 2.19. The Bertz CT molecular complexity index is 728. The number of phenols is 1. The molecule has 1 aliphatic heterocycles. The normalized spacial score (nSPS) is 15.0.